The van der Waals surface area contributed by atoms with E-state index in [1.165, 1.54) is 5.56 Å². The van der Waals surface area contributed by atoms with Gasteiger partial charge in [-0.05, 0) is 67.5 Å². The zero-order chi connectivity index (χ0) is 15.4. The molecule has 1 N–H and O–H groups in total. The minimum Gasteiger partial charge on any atom is -0.350 e. The van der Waals surface area contributed by atoms with Gasteiger partial charge >= 0.3 is 0 Å². The predicted molar refractivity (Wildman–Crippen MR) is 89.0 cm³/mol. The summed E-state index contributed by atoms with van der Waals surface area (Å²) in [6, 6.07) is 8.15. The Morgan fingerprint density at radius 3 is 2.67 bits per heavy atom. The molecule has 4 heteroatoms. The van der Waals surface area contributed by atoms with Crippen molar-refractivity contribution in [1.29, 1.82) is 0 Å². The number of thiophene rings is 1. The van der Waals surface area contributed by atoms with Crippen LogP contribution in [0.15, 0.2) is 35.0 Å². The zero-order valence-electron chi connectivity index (χ0n) is 13.0. The van der Waals surface area contributed by atoms with E-state index in [1.54, 1.807) is 11.3 Å². The number of hydrogen-bond acceptors (Lipinski definition) is 3. The third-order valence-corrected chi connectivity index (χ3v) is 4.56. The number of likely N-dealkylation sites (N-methyl/N-ethyl adjacent to an activating group) is 1. The number of carbonyl (C=O) groups excluding carboxylic acids is 1. The van der Waals surface area contributed by atoms with Gasteiger partial charge in [-0.25, -0.2) is 0 Å². The summed E-state index contributed by atoms with van der Waals surface area (Å²) in [4.78, 5) is 14.5. The molecule has 0 aliphatic carbocycles. The summed E-state index contributed by atoms with van der Waals surface area (Å²) >= 11 is 1.68. The van der Waals surface area contributed by atoms with E-state index in [4.69, 9.17) is 0 Å². The number of rotatable bonds is 5. The SMILES string of the molecule is Cc1cccc(C(=O)NCC(c2ccsc2)N(C)C)c1C. The van der Waals surface area contributed by atoms with Crippen molar-refractivity contribution in [2.24, 2.45) is 0 Å². The summed E-state index contributed by atoms with van der Waals surface area (Å²) in [7, 11) is 4.07. The van der Waals surface area contributed by atoms with Gasteiger partial charge < -0.3 is 10.2 Å². The van der Waals surface area contributed by atoms with Crippen LogP contribution >= 0.6 is 11.3 Å². The first-order chi connectivity index (χ1) is 10.0. The first-order valence-electron chi connectivity index (χ1n) is 7.03. The molecule has 1 atom stereocenters. The summed E-state index contributed by atoms with van der Waals surface area (Å²) in [6.07, 6.45) is 0. The minimum absolute atomic E-state index is 0.00159. The molecule has 0 radical (unpaired) electrons. The molecule has 0 fully saturated rings. The molecular formula is C17H22N2OS. The molecule has 0 aliphatic rings. The van der Waals surface area contributed by atoms with E-state index < -0.39 is 0 Å². The topological polar surface area (TPSA) is 32.3 Å². The van der Waals surface area contributed by atoms with Gasteiger partial charge in [-0.2, -0.15) is 11.3 Å². The Labute approximate surface area is 130 Å². The smallest absolute Gasteiger partial charge is 0.251 e. The molecule has 2 aromatic rings. The van der Waals surface area contributed by atoms with Gasteiger partial charge in [-0.3, -0.25) is 4.79 Å². The Bertz CT molecular complexity index is 605. The molecule has 1 unspecified atom stereocenters. The number of hydrogen-bond donors (Lipinski definition) is 1. The van der Waals surface area contributed by atoms with Gasteiger partial charge in [0.1, 0.15) is 0 Å². The van der Waals surface area contributed by atoms with Crippen LogP contribution < -0.4 is 5.32 Å². The predicted octanol–water partition coefficient (Wildman–Crippen LogP) is 3.40. The van der Waals surface area contributed by atoms with Crippen molar-refractivity contribution >= 4 is 17.2 Å². The maximum Gasteiger partial charge on any atom is 0.251 e. The van der Waals surface area contributed by atoms with Crippen molar-refractivity contribution in [2.45, 2.75) is 19.9 Å². The van der Waals surface area contributed by atoms with E-state index in [0.29, 0.717) is 6.54 Å². The average molecular weight is 302 g/mol. The monoisotopic (exact) mass is 302 g/mol. The van der Waals surface area contributed by atoms with Gasteiger partial charge in [0.2, 0.25) is 0 Å². The fraction of sp³-hybridized carbons (Fsp3) is 0.353. The second kappa shape index (κ2) is 6.87. The first-order valence-corrected chi connectivity index (χ1v) is 7.98. The van der Waals surface area contributed by atoms with Gasteiger partial charge in [-0.1, -0.05) is 12.1 Å². The average Bonchev–Trinajstić information content (AvgIpc) is 2.95. The van der Waals surface area contributed by atoms with Gasteiger partial charge in [0.25, 0.3) is 5.91 Å². The lowest BCUT2D eigenvalue weighted by molar-refractivity contribution is 0.0941. The van der Waals surface area contributed by atoms with Crippen molar-refractivity contribution in [3.8, 4) is 0 Å². The zero-order valence-corrected chi connectivity index (χ0v) is 13.8. The van der Waals surface area contributed by atoms with Crippen LogP contribution in [0.5, 0.6) is 0 Å². The fourth-order valence-electron chi connectivity index (χ4n) is 2.34. The molecule has 21 heavy (non-hydrogen) atoms. The van der Waals surface area contributed by atoms with E-state index in [2.05, 4.69) is 27.0 Å². The molecule has 3 nitrogen and oxygen atoms in total. The second-order valence-corrected chi connectivity index (χ2v) is 6.27. The Balaban J connectivity index is 2.07. The molecule has 0 saturated carbocycles. The highest BCUT2D eigenvalue weighted by molar-refractivity contribution is 7.07. The summed E-state index contributed by atoms with van der Waals surface area (Å²) in [5.41, 5.74) is 4.20. The third-order valence-electron chi connectivity index (χ3n) is 3.86. The van der Waals surface area contributed by atoms with Crippen LogP contribution in [0.1, 0.15) is 33.1 Å². The van der Waals surface area contributed by atoms with Gasteiger partial charge in [0.15, 0.2) is 0 Å². The summed E-state index contributed by atoms with van der Waals surface area (Å²) < 4.78 is 0. The van der Waals surface area contributed by atoms with E-state index in [0.717, 1.165) is 16.7 Å². The number of benzene rings is 1. The summed E-state index contributed by atoms with van der Waals surface area (Å²) in [6.45, 7) is 4.63. The lowest BCUT2D eigenvalue weighted by Gasteiger charge is -2.24. The molecule has 0 bridgehead atoms. The van der Waals surface area contributed by atoms with E-state index in [1.807, 2.05) is 46.1 Å². The Morgan fingerprint density at radius 1 is 1.29 bits per heavy atom. The van der Waals surface area contributed by atoms with Crippen molar-refractivity contribution < 1.29 is 4.79 Å². The normalized spacial score (nSPS) is 12.4. The Morgan fingerprint density at radius 2 is 2.05 bits per heavy atom. The maximum absolute atomic E-state index is 12.4. The number of aryl methyl sites for hydroxylation is 1. The van der Waals surface area contributed by atoms with E-state index >= 15 is 0 Å². The van der Waals surface area contributed by atoms with Gasteiger partial charge in [0.05, 0.1) is 6.04 Å². The van der Waals surface area contributed by atoms with Crippen molar-refractivity contribution in [1.82, 2.24) is 10.2 Å². The summed E-state index contributed by atoms with van der Waals surface area (Å²) in [5.74, 6) is -0.00159. The minimum atomic E-state index is -0.00159. The lowest BCUT2D eigenvalue weighted by atomic mass is 10.0. The van der Waals surface area contributed by atoms with Crippen LogP contribution in [0.2, 0.25) is 0 Å². The molecule has 112 valence electrons. The number of carbonyl (C=O) groups is 1. The first kappa shape index (κ1) is 15.7. The van der Waals surface area contributed by atoms with Crippen LogP contribution in [-0.2, 0) is 0 Å². The van der Waals surface area contributed by atoms with Gasteiger partial charge in [-0.15, -0.1) is 0 Å². The molecule has 0 aliphatic heterocycles. The number of amides is 1. The van der Waals surface area contributed by atoms with Crippen molar-refractivity contribution in [3.05, 3.63) is 57.3 Å². The highest BCUT2D eigenvalue weighted by Gasteiger charge is 2.17. The quantitative estimate of drug-likeness (QED) is 0.918. The van der Waals surface area contributed by atoms with Gasteiger partial charge in [0, 0.05) is 12.1 Å². The maximum atomic E-state index is 12.4. The van der Waals surface area contributed by atoms with Crippen molar-refractivity contribution in [2.75, 3.05) is 20.6 Å². The van der Waals surface area contributed by atoms with Crippen molar-refractivity contribution in [3.63, 3.8) is 0 Å². The largest absolute Gasteiger partial charge is 0.350 e. The van der Waals surface area contributed by atoms with Crippen LogP contribution in [0.25, 0.3) is 0 Å². The van der Waals surface area contributed by atoms with Crippen LogP contribution in [0, 0.1) is 13.8 Å². The van der Waals surface area contributed by atoms with Crippen LogP contribution in [0.4, 0.5) is 0 Å². The highest BCUT2D eigenvalue weighted by atomic mass is 32.1. The Hall–Kier alpha value is -1.65. The second-order valence-electron chi connectivity index (χ2n) is 5.49. The highest BCUT2D eigenvalue weighted by Crippen LogP contribution is 2.20. The van der Waals surface area contributed by atoms with Crippen LogP contribution in [-0.4, -0.2) is 31.4 Å². The molecule has 1 amide bonds. The molecule has 1 aromatic heterocycles. The number of nitrogens with one attached hydrogen (secondary N) is 1. The molecule has 1 aromatic carbocycles. The summed E-state index contributed by atoms with van der Waals surface area (Å²) in [5, 5.41) is 7.26. The standard InChI is InChI=1S/C17H22N2OS/c1-12-6-5-7-15(13(12)2)17(20)18-10-16(19(3)4)14-8-9-21-11-14/h5-9,11,16H,10H2,1-4H3,(H,18,20). The fourth-order valence-corrected chi connectivity index (χ4v) is 3.05. The molecule has 0 saturated heterocycles. The molecule has 2 rings (SSSR count). The number of nitrogens with zero attached hydrogens (tertiary/aromatic N) is 1. The molecule has 1 heterocycles. The molecular weight excluding hydrogens is 280 g/mol. The Kier molecular flexibility index (Phi) is 5.15. The molecule has 0 spiro atoms. The lowest BCUT2D eigenvalue weighted by Crippen LogP contribution is -2.34. The van der Waals surface area contributed by atoms with E-state index in [9.17, 15) is 4.79 Å². The van der Waals surface area contributed by atoms with Crippen LogP contribution in [0.3, 0.4) is 0 Å². The van der Waals surface area contributed by atoms with E-state index in [-0.39, 0.29) is 11.9 Å². The third kappa shape index (κ3) is 3.71.